The highest BCUT2D eigenvalue weighted by atomic mass is 16.5. The molecule has 0 aromatic heterocycles. The Labute approximate surface area is 114 Å². The molecule has 0 aliphatic carbocycles. The normalized spacial score (nSPS) is 13.8. The second-order valence-corrected chi connectivity index (χ2v) is 4.87. The van der Waals surface area contributed by atoms with E-state index in [1.807, 2.05) is 30.3 Å². The maximum atomic E-state index is 11.6. The van der Waals surface area contributed by atoms with Gasteiger partial charge in [0, 0.05) is 20.1 Å². The number of ether oxygens (including phenoxy) is 1. The van der Waals surface area contributed by atoms with Crippen LogP contribution in [-0.4, -0.2) is 31.3 Å². The standard InChI is InChI=1S/C15H23NO3/c1-15(18,13-8-4-3-5-9-13)12-16-14(17)10-6-7-11-19-2/h3-5,8-9,18H,6-7,10-12H2,1-2H3,(H,16,17). The van der Waals surface area contributed by atoms with E-state index in [9.17, 15) is 9.90 Å². The fourth-order valence-corrected chi connectivity index (χ4v) is 1.79. The maximum Gasteiger partial charge on any atom is 0.220 e. The minimum atomic E-state index is -1.04. The van der Waals surface area contributed by atoms with E-state index in [2.05, 4.69) is 5.32 Å². The van der Waals surface area contributed by atoms with Gasteiger partial charge in [0.2, 0.25) is 5.91 Å². The fourth-order valence-electron chi connectivity index (χ4n) is 1.79. The molecule has 0 aliphatic rings. The fraction of sp³-hybridized carbons (Fsp3) is 0.533. The molecule has 1 amide bonds. The van der Waals surface area contributed by atoms with E-state index in [4.69, 9.17) is 4.74 Å². The third-order valence-corrected chi connectivity index (χ3v) is 3.03. The highest BCUT2D eigenvalue weighted by Crippen LogP contribution is 2.18. The van der Waals surface area contributed by atoms with Gasteiger partial charge in [-0.05, 0) is 25.3 Å². The van der Waals surface area contributed by atoms with Crippen LogP contribution in [0.15, 0.2) is 30.3 Å². The van der Waals surface area contributed by atoms with Crippen molar-refractivity contribution in [1.82, 2.24) is 5.32 Å². The zero-order valence-corrected chi connectivity index (χ0v) is 11.7. The van der Waals surface area contributed by atoms with Gasteiger partial charge in [-0.2, -0.15) is 0 Å². The lowest BCUT2D eigenvalue weighted by molar-refractivity contribution is -0.122. The van der Waals surface area contributed by atoms with Crippen molar-refractivity contribution < 1.29 is 14.6 Å². The molecule has 0 saturated heterocycles. The number of methoxy groups -OCH3 is 1. The molecule has 0 fully saturated rings. The Hall–Kier alpha value is -1.39. The number of hydrogen-bond donors (Lipinski definition) is 2. The Bertz CT molecular complexity index is 376. The molecule has 1 aromatic carbocycles. The summed E-state index contributed by atoms with van der Waals surface area (Å²) >= 11 is 0. The molecule has 106 valence electrons. The Morgan fingerprint density at radius 1 is 1.32 bits per heavy atom. The number of carbonyl (C=O) groups is 1. The molecular formula is C15H23NO3. The van der Waals surface area contributed by atoms with Crippen LogP contribution in [0.5, 0.6) is 0 Å². The van der Waals surface area contributed by atoms with Crippen LogP contribution in [0.4, 0.5) is 0 Å². The van der Waals surface area contributed by atoms with E-state index in [0.29, 0.717) is 13.0 Å². The van der Waals surface area contributed by atoms with Crippen LogP contribution in [0, 0.1) is 0 Å². The number of hydrogen-bond acceptors (Lipinski definition) is 3. The van der Waals surface area contributed by atoms with Crippen molar-refractivity contribution in [3.05, 3.63) is 35.9 Å². The minimum Gasteiger partial charge on any atom is -0.385 e. The molecule has 0 heterocycles. The Morgan fingerprint density at radius 3 is 2.63 bits per heavy atom. The van der Waals surface area contributed by atoms with Crippen molar-refractivity contribution in [2.75, 3.05) is 20.3 Å². The van der Waals surface area contributed by atoms with Crippen LogP contribution >= 0.6 is 0 Å². The Kier molecular flexibility index (Phi) is 6.53. The van der Waals surface area contributed by atoms with Gasteiger partial charge in [0.1, 0.15) is 5.60 Å². The van der Waals surface area contributed by atoms with Gasteiger partial charge in [0.15, 0.2) is 0 Å². The molecule has 1 atom stereocenters. The highest BCUT2D eigenvalue weighted by molar-refractivity contribution is 5.75. The molecule has 0 spiro atoms. The van der Waals surface area contributed by atoms with Gasteiger partial charge in [-0.15, -0.1) is 0 Å². The Morgan fingerprint density at radius 2 is 2.00 bits per heavy atom. The number of amides is 1. The summed E-state index contributed by atoms with van der Waals surface area (Å²) in [6.07, 6.45) is 2.14. The quantitative estimate of drug-likeness (QED) is 0.705. The van der Waals surface area contributed by atoms with E-state index >= 15 is 0 Å². The van der Waals surface area contributed by atoms with Crippen LogP contribution < -0.4 is 5.32 Å². The monoisotopic (exact) mass is 265 g/mol. The summed E-state index contributed by atoms with van der Waals surface area (Å²) in [5.74, 6) is -0.0349. The van der Waals surface area contributed by atoms with E-state index in [1.165, 1.54) is 0 Å². The smallest absolute Gasteiger partial charge is 0.220 e. The molecule has 1 unspecified atom stereocenters. The first-order valence-electron chi connectivity index (χ1n) is 6.60. The molecule has 1 aromatic rings. The number of rotatable bonds is 8. The molecule has 0 saturated carbocycles. The summed E-state index contributed by atoms with van der Waals surface area (Å²) in [6.45, 7) is 2.60. The number of benzene rings is 1. The topological polar surface area (TPSA) is 58.6 Å². The predicted octanol–water partition coefficient (Wildman–Crippen LogP) is 1.83. The van der Waals surface area contributed by atoms with Gasteiger partial charge in [0.05, 0.1) is 6.54 Å². The van der Waals surface area contributed by atoms with E-state index in [1.54, 1.807) is 14.0 Å². The SMILES string of the molecule is COCCCCC(=O)NCC(C)(O)c1ccccc1. The van der Waals surface area contributed by atoms with Crippen LogP contribution in [0.3, 0.4) is 0 Å². The van der Waals surface area contributed by atoms with Gasteiger partial charge in [0.25, 0.3) is 0 Å². The first-order valence-corrected chi connectivity index (χ1v) is 6.60. The lowest BCUT2D eigenvalue weighted by Gasteiger charge is -2.24. The van der Waals surface area contributed by atoms with Crippen LogP contribution in [0.1, 0.15) is 31.7 Å². The number of aliphatic hydroxyl groups is 1. The summed E-state index contributed by atoms with van der Waals surface area (Å²) in [7, 11) is 1.65. The van der Waals surface area contributed by atoms with Crippen molar-refractivity contribution in [3.8, 4) is 0 Å². The summed E-state index contributed by atoms with van der Waals surface area (Å²) in [6, 6.07) is 9.34. The summed E-state index contributed by atoms with van der Waals surface area (Å²) in [4.78, 5) is 11.6. The van der Waals surface area contributed by atoms with E-state index in [-0.39, 0.29) is 12.5 Å². The second-order valence-electron chi connectivity index (χ2n) is 4.87. The van der Waals surface area contributed by atoms with Gasteiger partial charge < -0.3 is 15.2 Å². The van der Waals surface area contributed by atoms with Crippen molar-refractivity contribution in [1.29, 1.82) is 0 Å². The van der Waals surface area contributed by atoms with E-state index < -0.39 is 5.60 Å². The Balaban J connectivity index is 2.33. The number of unbranched alkanes of at least 4 members (excludes halogenated alkanes) is 1. The summed E-state index contributed by atoms with van der Waals surface area (Å²) in [5.41, 5.74) is -0.238. The predicted molar refractivity (Wildman–Crippen MR) is 74.7 cm³/mol. The van der Waals surface area contributed by atoms with Gasteiger partial charge in [-0.3, -0.25) is 4.79 Å². The lowest BCUT2D eigenvalue weighted by atomic mass is 9.96. The van der Waals surface area contributed by atoms with Crippen molar-refractivity contribution >= 4 is 5.91 Å². The molecule has 0 bridgehead atoms. The van der Waals surface area contributed by atoms with Crippen molar-refractivity contribution in [2.24, 2.45) is 0 Å². The molecule has 1 rings (SSSR count). The van der Waals surface area contributed by atoms with Gasteiger partial charge in [-0.1, -0.05) is 30.3 Å². The average Bonchev–Trinajstić information content (AvgIpc) is 2.42. The van der Waals surface area contributed by atoms with Gasteiger partial charge >= 0.3 is 0 Å². The highest BCUT2D eigenvalue weighted by Gasteiger charge is 2.23. The molecule has 4 nitrogen and oxygen atoms in total. The molecule has 4 heteroatoms. The molecule has 19 heavy (non-hydrogen) atoms. The van der Waals surface area contributed by atoms with Crippen molar-refractivity contribution in [3.63, 3.8) is 0 Å². The van der Waals surface area contributed by atoms with Crippen LogP contribution in [0.25, 0.3) is 0 Å². The van der Waals surface area contributed by atoms with E-state index in [0.717, 1.165) is 18.4 Å². The van der Waals surface area contributed by atoms with Crippen LogP contribution in [0.2, 0.25) is 0 Å². The minimum absolute atomic E-state index is 0.0349. The third kappa shape index (κ3) is 5.85. The molecule has 2 N–H and O–H groups in total. The van der Waals surface area contributed by atoms with Crippen molar-refractivity contribution in [2.45, 2.75) is 31.8 Å². The van der Waals surface area contributed by atoms with Crippen LogP contribution in [-0.2, 0) is 15.1 Å². The first kappa shape index (κ1) is 15.7. The number of nitrogens with one attached hydrogen (secondary N) is 1. The van der Waals surface area contributed by atoms with Gasteiger partial charge in [-0.25, -0.2) is 0 Å². The zero-order valence-electron chi connectivity index (χ0n) is 11.7. The number of carbonyl (C=O) groups excluding carboxylic acids is 1. The zero-order chi connectivity index (χ0) is 14.1. The maximum absolute atomic E-state index is 11.6. The average molecular weight is 265 g/mol. The molecule has 0 radical (unpaired) electrons. The largest absolute Gasteiger partial charge is 0.385 e. The second kappa shape index (κ2) is 7.92. The molecule has 0 aliphatic heterocycles. The summed E-state index contributed by atoms with van der Waals surface area (Å²) < 4.78 is 4.92. The first-order chi connectivity index (χ1) is 9.06. The lowest BCUT2D eigenvalue weighted by Crippen LogP contribution is -2.38. The summed E-state index contributed by atoms with van der Waals surface area (Å²) in [5, 5.41) is 13.1. The third-order valence-electron chi connectivity index (χ3n) is 3.03. The molecular weight excluding hydrogens is 242 g/mol.